The van der Waals surface area contributed by atoms with E-state index in [4.69, 9.17) is 16.4 Å². The molecule has 188 valence electrons. The highest BCUT2D eigenvalue weighted by molar-refractivity contribution is 8.13. The summed E-state index contributed by atoms with van der Waals surface area (Å²) in [5, 5.41) is 6.26. The number of rotatable bonds is 6. The molecule has 2 rings (SSSR count). The van der Waals surface area contributed by atoms with Gasteiger partial charge in [0.25, 0.3) is 5.91 Å². The van der Waals surface area contributed by atoms with Gasteiger partial charge in [0, 0.05) is 7.05 Å². The first-order valence-electron chi connectivity index (χ1n) is 9.38. The molecule has 35 heavy (non-hydrogen) atoms. The lowest BCUT2D eigenvalue weighted by atomic mass is 10.2. The number of nitrogens with zero attached hydrogens (tertiary/aromatic N) is 3. The summed E-state index contributed by atoms with van der Waals surface area (Å²) >= 11 is 7.71. The van der Waals surface area contributed by atoms with Gasteiger partial charge in [-0.25, -0.2) is 18.2 Å². The molecule has 0 atom stereocenters. The van der Waals surface area contributed by atoms with Gasteiger partial charge < -0.3 is 4.74 Å². The lowest BCUT2D eigenvalue weighted by molar-refractivity contribution is -0.274. The lowest BCUT2D eigenvalue weighted by Gasteiger charge is -2.25. The summed E-state index contributed by atoms with van der Waals surface area (Å²) in [6.07, 6.45) is -4.15. The van der Waals surface area contributed by atoms with Crippen molar-refractivity contribution in [2.24, 2.45) is 5.16 Å². The number of imide groups is 1. The number of carbonyl (C=O) groups excluding carboxylic acids is 3. The number of amides is 4. The highest BCUT2D eigenvalue weighted by atomic mass is 35.5. The van der Waals surface area contributed by atoms with Gasteiger partial charge in [0.1, 0.15) is 10.8 Å². The summed E-state index contributed by atoms with van der Waals surface area (Å²) in [5.41, 5.74) is 0.0217. The zero-order chi connectivity index (χ0) is 26.2. The Kier molecular flexibility index (Phi) is 10.1. The van der Waals surface area contributed by atoms with Crippen LogP contribution in [-0.4, -0.2) is 47.0 Å². The number of oxime groups is 1. The third kappa shape index (κ3) is 8.88. The van der Waals surface area contributed by atoms with E-state index < -0.39 is 30.1 Å². The molecule has 0 aromatic heterocycles. The van der Waals surface area contributed by atoms with Gasteiger partial charge >= 0.3 is 18.5 Å². The standard InChI is InChI=1S/C20H18ClF3N4O5S2/c1-12(34-3)26-33-19(31)27(2)35-28(13-8-10-14(11-9-13)32-20(22,23)24)18(30)25-17(29)15-6-4-5-7-16(15)21/h4-11H,1-3H3,(H,25,29,30)/b26-12+. The summed E-state index contributed by atoms with van der Waals surface area (Å²) in [6.45, 7) is 1.61. The Morgan fingerprint density at radius 2 is 1.71 bits per heavy atom. The average Bonchev–Trinajstić information content (AvgIpc) is 2.80. The van der Waals surface area contributed by atoms with Crippen LogP contribution in [0.15, 0.2) is 53.7 Å². The molecule has 0 unspecified atom stereocenters. The van der Waals surface area contributed by atoms with E-state index >= 15 is 0 Å². The minimum atomic E-state index is -4.91. The summed E-state index contributed by atoms with van der Waals surface area (Å²) in [7, 11) is 1.26. The van der Waals surface area contributed by atoms with Crippen molar-refractivity contribution in [3.8, 4) is 5.75 Å². The van der Waals surface area contributed by atoms with Gasteiger partial charge in [0.05, 0.1) is 28.4 Å². The number of thioether (sulfide) groups is 1. The van der Waals surface area contributed by atoms with E-state index in [1.807, 2.05) is 0 Å². The van der Waals surface area contributed by atoms with Crippen LogP contribution in [0, 0.1) is 0 Å². The van der Waals surface area contributed by atoms with E-state index in [9.17, 15) is 27.6 Å². The van der Waals surface area contributed by atoms with Crippen molar-refractivity contribution < 1.29 is 37.1 Å². The molecule has 0 aliphatic heterocycles. The average molecular weight is 551 g/mol. The van der Waals surface area contributed by atoms with Crippen molar-refractivity contribution in [1.29, 1.82) is 0 Å². The molecule has 0 spiro atoms. The number of nitrogens with one attached hydrogen (secondary N) is 1. The molecule has 0 radical (unpaired) electrons. The molecular formula is C20H18ClF3N4O5S2. The van der Waals surface area contributed by atoms with Crippen molar-refractivity contribution in [2.75, 3.05) is 17.6 Å². The summed E-state index contributed by atoms with van der Waals surface area (Å²) in [4.78, 5) is 42.5. The van der Waals surface area contributed by atoms with Crippen LogP contribution in [0.2, 0.25) is 5.02 Å². The van der Waals surface area contributed by atoms with Gasteiger partial charge in [0.2, 0.25) is 0 Å². The second kappa shape index (κ2) is 12.6. The van der Waals surface area contributed by atoms with Crippen molar-refractivity contribution in [2.45, 2.75) is 13.3 Å². The predicted molar refractivity (Wildman–Crippen MR) is 128 cm³/mol. The molecule has 0 aliphatic rings. The Hall–Kier alpha value is -3.10. The van der Waals surface area contributed by atoms with E-state index in [0.29, 0.717) is 17.2 Å². The maximum absolute atomic E-state index is 12.9. The Bertz CT molecular complexity index is 1100. The van der Waals surface area contributed by atoms with Gasteiger partial charge in [-0.1, -0.05) is 28.9 Å². The normalized spacial score (nSPS) is 11.5. The highest BCUT2D eigenvalue weighted by Gasteiger charge is 2.31. The van der Waals surface area contributed by atoms with Gasteiger partial charge in [-0.3, -0.25) is 14.9 Å². The SMILES string of the molecule is CS/C(C)=N/OC(=O)N(C)SN(C(=O)NC(=O)c1ccccc1Cl)c1ccc(OC(F)(F)F)cc1. The number of benzene rings is 2. The van der Waals surface area contributed by atoms with E-state index in [2.05, 4.69) is 15.2 Å². The summed E-state index contributed by atoms with van der Waals surface area (Å²) in [6, 6.07) is 9.13. The molecule has 1 N–H and O–H groups in total. The summed E-state index contributed by atoms with van der Waals surface area (Å²) < 4.78 is 42.9. The molecular weight excluding hydrogens is 533 g/mol. The maximum Gasteiger partial charge on any atom is 0.573 e. The van der Waals surface area contributed by atoms with Gasteiger partial charge in [-0.2, -0.15) is 0 Å². The monoisotopic (exact) mass is 550 g/mol. The number of urea groups is 1. The maximum atomic E-state index is 12.9. The number of hydrogen-bond donors (Lipinski definition) is 1. The van der Waals surface area contributed by atoms with Gasteiger partial charge in [-0.05, 0) is 49.6 Å². The summed E-state index contributed by atoms with van der Waals surface area (Å²) in [5.74, 6) is -1.37. The fourth-order valence-electron chi connectivity index (χ4n) is 2.20. The number of anilines is 1. The molecule has 0 fully saturated rings. The minimum Gasteiger partial charge on any atom is -0.406 e. The number of alkyl halides is 3. The van der Waals surface area contributed by atoms with Crippen molar-refractivity contribution in [1.82, 2.24) is 9.62 Å². The van der Waals surface area contributed by atoms with Crippen LogP contribution < -0.4 is 14.4 Å². The van der Waals surface area contributed by atoms with Crippen LogP contribution >= 0.6 is 35.5 Å². The first-order valence-corrected chi connectivity index (χ1v) is 11.7. The molecule has 0 saturated carbocycles. The van der Waals surface area contributed by atoms with Crippen LogP contribution in [-0.2, 0) is 4.84 Å². The topological polar surface area (TPSA) is 101 Å². The molecule has 0 saturated heterocycles. The van der Waals surface area contributed by atoms with Crippen LogP contribution in [0.25, 0.3) is 0 Å². The molecule has 2 aromatic carbocycles. The Morgan fingerprint density at radius 3 is 2.29 bits per heavy atom. The van der Waals surface area contributed by atoms with Crippen molar-refractivity contribution in [3.63, 3.8) is 0 Å². The molecule has 2 aromatic rings. The number of carbonyl (C=O) groups is 3. The number of hydrogen-bond acceptors (Lipinski definition) is 8. The number of ether oxygens (including phenoxy) is 1. The first kappa shape index (κ1) is 28.1. The lowest BCUT2D eigenvalue weighted by Crippen LogP contribution is -2.41. The molecule has 4 amide bonds. The predicted octanol–water partition coefficient (Wildman–Crippen LogP) is 5.92. The third-order valence-electron chi connectivity index (χ3n) is 3.84. The molecule has 15 heteroatoms. The van der Waals surface area contributed by atoms with E-state index in [0.717, 1.165) is 32.9 Å². The first-order chi connectivity index (χ1) is 16.4. The van der Waals surface area contributed by atoms with Gasteiger partial charge in [-0.15, -0.1) is 24.9 Å². The molecule has 0 aliphatic carbocycles. The van der Waals surface area contributed by atoms with Crippen LogP contribution in [0.4, 0.5) is 28.4 Å². The largest absolute Gasteiger partial charge is 0.573 e. The fourth-order valence-corrected chi connectivity index (χ4v) is 3.21. The Balaban J connectivity index is 2.27. The number of halogens is 4. The molecule has 0 bridgehead atoms. The highest BCUT2D eigenvalue weighted by Crippen LogP contribution is 2.30. The van der Waals surface area contributed by atoms with Crippen LogP contribution in [0.5, 0.6) is 5.75 Å². The second-order valence-corrected chi connectivity index (χ2v) is 8.81. The third-order valence-corrected chi connectivity index (χ3v) is 5.77. The quantitative estimate of drug-likeness (QED) is 0.156. The van der Waals surface area contributed by atoms with Crippen LogP contribution in [0.1, 0.15) is 17.3 Å². The van der Waals surface area contributed by atoms with E-state index in [1.165, 1.54) is 37.0 Å². The smallest absolute Gasteiger partial charge is 0.406 e. The van der Waals surface area contributed by atoms with Crippen LogP contribution in [0.3, 0.4) is 0 Å². The molecule has 0 heterocycles. The molecule has 9 nitrogen and oxygen atoms in total. The van der Waals surface area contributed by atoms with Crippen molar-refractivity contribution in [3.05, 3.63) is 59.1 Å². The Labute approximate surface area is 211 Å². The minimum absolute atomic E-state index is 0.0102. The van der Waals surface area contributed by atoms with E-state index in [-0.39, 0.29) is 16.3 Å². The zero-order valence-corrected chi connectivity index (χ0v) is 20.7. The Morgan fingerprint density at radius 1 is 1.09 bits per heavy atom. The van der Waals surface area contributed by atoms with E-state index in [1.54, 1.807) is 19.2 Å². The van der Waals surface area contributed by atoms with Gasteiger partial charge in [0.15, 0.2) is 0 Å². The fraction of sp³-hybridized carbons (Fsp3) is 0.200. The zero-order valence-electron chi connectivity index (χ0n) is 18.3. The second-order valence-electron chi connectivity index (χ2n) is 6.33. The van der Waals surface area contributed by atoms with Crippen molar-refractivity contribution >= 4 is 64.3 Å².